The van der Waals surface area contributed by atoms with Gasteiger partial charge in [0.05, 0.1) is 5.88 Å². The normalized spacial score (nSPS) is 8.60. The molecule has 1 nitrogen and oxygen atoms in total. The number of hydrogen-bond donors (Lipinski definition) is 0. The summed E-state index contributed by atoms with van der Waals surface area (Å²) in [6.45, 7) is 0. The monoisotopic (exact) mass is 197 g/mol. The summed E-state index contributed by atoms with van der Waals surface area (Å²) in [4.78, 5) is 3.85. The van der Waals surface area contributed by atoms with Gasteiger partial charge in [0, 0.05) is 23.0 Å². The van der Waals surface area contributed by atoms with Crippen LogP contribution in [0.1, 0.15) is 5.56 Å². The van der Waals surface area contributed by atoms with Crippen LogP contribution < -0.4 is 0 Å². The molecule has 1 aromatic rings. The van der Waals surface area contributed by atoms with E-state index in [9.17, 15) is 0 Å². The van der Waals surface area contributed by atoms with Gasteiger partial charge in [-0.25, -0.2) is 0 Å². The standard InChI is InChI=1S/C6H5Cl2N.ClH/c7-3-5-4-9-2-1-6(5)8;/h1-2,4H,3H2;1H. The molecule has 0 amide bonds. The zero-order valence-electron chi connectivity index (χ0n) is 5.05. The second-order valence-corrected chi connectivity index (χ2v) is 2.28. The van der Waals surface area contributed by atoms with Gasteiger partial charge in [0.2, 0.25) is 0 Å². The van der Waals surface area contributed by atoms with Crippen molar-refractivity contribution in [3.05, 3.63) is 29.0 Å². The SMILES string of the molecule is Cl.ClCc1cnccc1Cl. The number of nitrogens with zero attached hydrogens (tertiary/aromatic N) is 1. The molecule has 1 heterocycles. The maximum absolute atomic E-state index is 5.70. The number of alkyl halides is 1. The average molecular weight is 198 g/mol. The fraction of sp³-hybridized carbons (Fsp3) is 0.167. The van der Waals surface area contributed by atoms with E-state index in [0.29, 0.717) is 10.9 Å². The van der Waals surface area contributed by atoms with E-state index in [4.69, 9.17) is 23.2 Å². The summed E-state index contributed by atoms with van der Waals surface area (Å²) in [5.41, 5.74) is 0.876. The summed E-state index contributed by atoms with van der Waals surface area (Å²) in [6.07, 6.45) is 3.30. The largest absolute Gasteiger partial charge is 0.264 e. The number of halogens is 3. The van der Waals surface area contributed by atoms with Crippen molar-refractivity contribution < 1.29 is 0 Å². The zero-order valence-corrected chi connectivity index (χ0v) is 7.38. The molecule has 4 heteroatoms. The van der Waals surface area contributed by atoms with Crippen LogP contribution in [0.25, 0.3) is 0 Å². The lowest BCUT2D eigenvalue weighted by Gasteiger charge is -1.94. The van der Waals surface area contributed by atoms with Crippen LogP contribution in [0, 0.1) is 0 Å². The highest BCUT2D eigenvalue weighted by Gasteiger charge is 1.94. The van der Waals surface area contributed by atoms with Gasteiger partial charge >= 0.3 is 0 Å². The van der Waals surface area contributed by atoms with E-state index in [1.807, 2.05) is 0 Å². The highest BCUT2D eigenvalue weighted by Crippen LogP contribution is 2.14. The van der Waals surface area contributed by atoms with Gasteiger partial charge in [-0.05, 0) is 6.07 Å². The van der Waals surface area contributed by atoms with Gasteiger partial charge in [0.25, 0.3) is 0 Å². The first-order chi connectivity index (χ1) is 4.34. The molecule has 56 valence electrons. The van der Waals surface area contributed by atoms with Gasteiger partial charge in [-0.2, -0.15) is 0 Å². The Balaban J connectivity index is 0.000000810. The van der Waals surface area contributed by atoms with Crippen LogP contribution in [-0.2, 0) is 5.88 Å². The number of aromatic nitrogens is 1. The van der Waals surface area contributed by atoms with Gasteiger partial charge in [-0.1, -0.05) is 11.6 Å². The molecule has 0 unspecified atom stereocenters. The minimum atomic E-state index is 0. The highest BCUT2D eigenvalue weighted by atomic mass is 35.5. The topological polar surface area (TPSA) is 12.9 Å². The molecule has 0 saturated carbocycles. The van der Waals surface area contributed by atoms with E-state index in [2.05, 4.69) is 4.98 Å². The van der Waals surface area contributed by atoms with E-state index in [0.717, 1.165) is 5.56 Å². The lowest BCUT2D eigenvalue weighted by Crippen LogP contribution is -1.79. The smallest absolute Gasteiger partial charge is 0.0504 e. The molecule has 0 aromatic carbocycles. The first-order valence-corrected chi connectivity index (χ1v) is 3.40. The van der Waals surface area contributed by atoms with Crippen LogP contribution in [0.4, 0.5) is 0 Å². The number of rotatable bonds is 1. The molecule has 1 rings (SSSR count). The molecule has 0 N–H and O–H groups in total. The summed E-state index contributed by atoms with van der Waals surface area (Å²) >= 11 is 11.2. The van der Waals surface area contributed by atoms with Gasteiger partial charge < -0.3 is 0 Å². The molecule has 0 aliphatic carbocycles. The van der Waals surface area contributed by atoms with Crippen molar-refractivity contribution in [3.8, 4) is 0 Å². The molecule has 0 aliphatic rings. The summed E-state index contributed by atoms with van der Waals surface area (Å²) in [7, 11) is 0. The molecule has 1 aromatic heterocycles. The fourth-order valence-corrected chi connectivity index (χ4v) is 0.962. The second-order valence-electron chi connectivity index (χ2n) is 1.60. The Morgan fingerprint density at radius 3 is 2.60 bits per heavy atom. The predicted molar refractivity (Wildman–Crippen MR) is 46.1 cm³/mol. The molecule has 0 bridgehead atoms. The molecule has 0 spiro atoms. The van der Waals surface area contributed by atoms with Crippen molar-refractivity contribution in [3.63, 3.8) is 0 Å². The van der Waals surface area contributed by atoms with E-state index in [-0.39, 0.29) is 12.4 Å². The summed E-state index contributed by atoms with van der Waals surface area (Å²) in [6, 6.07) is 1.72. The third kappa shape index (κ3) is 2.33. The Morgan fingerprint density at radius 1 is 1.50 bits per heavy atom. The maximum atomic E-state index is 5.70. The zero-order chi connectivity index (χ0) is 6.69. The van der Waals surface area contributed by atoms with Gasteiger partial charge in [0.15, 0.2) is 0 Å². The first-order valence-electron chi connectivity index (χ1n) is 2.49. The van der Waals surface area contributed by atoms with Gasteiger partial charge in [0.1, 0.15) is 0 Å². The third-order valence-electron chi connectivity index (χ3n) is 0.988. The first kappa shape index (κ1) is 10.0. The Kier molecular flexibility index (Phi) is 4.79. The van der Waals surface area contributed by atoms with Crippen molar-refractivity contribution in [1.29, 1.82) is 0 Å². The van der Waals surface area contributed by atoms with Crippen molar-refractivity contribution in [2.75, 3.05) is 0 Å². The molecule has 0 saturated heterocycles. The quantitative estimate of drug-likeness (QED) is 0.632. The van der Waals surface area contributed by atoms with E-state index in [1.165, 1.54) is 0 Å². The number of hydrogen-bond acceptors (Lipinski definition) is 1. The van der Waals surface area contributed by atoms with Crippen LogP contribution in [-0.4, -0.2) is 4.98 Å². The van der Waals surface area contributed by atoms with Crippen molar-refractivity contribution in [1.82, 2.24) is 4.98 Å². The Hall–Kier alpha value is 0.0200. The van der Waals surface area contributed by atoms with Gasteiger partial charge in [-0.15, -0.1) is 24.0 Å². The van der Waals surface area contributed by atoms with Crippen molar-refractivity contribution in [2.45, 2.75) is 5.88 Å². The molecular formula is C6H6Cl3N. The summed E-state index contributed by atoms with van der Waals surface area (Å²) in [5, 5.41) is 0.681. The molecule has 0 fully saturated rings. The van der Waals surface area contributed by atoms with E-state index >= 15 is 0 Å². The van der Waals surface area contributed by atoms with Crippen molar-refractivity contribution in [2.24, 2.45) is 0 Å². The Bertz CT molecular complexity index is 202. The molecule has 0 aliphatic heterocycles. The van der Waals surface area contributed by atoms with Crippen LogP contribution >= 0.6 is 35.6 Å². The van der Waals surface area contributed by atoms with Crippen molar-refractivity contribution >= 4 is 35.6 Å². The summed E-state index contributed by atoms with van der Waals surface area (Å²) < 4.78 is 0. The highest BCUT2D eigenvalue weighted by molar-refractivity contribution is 6.32. The molecular weight excluding hydrogens is 192 g/mol. The minimum absolute atomic E-state index is 0. The predicted octanol–water partition coefficient (Wildman–Crippen LogP) is 2.90. The molecule has 10 heavy (non-hydrogen) atoms. The third-order valence-corrected chi connectivity index (χ3v) is 1.64. The van der Waals surface area contributed by atoms with Gasteiger partial charge in [-0.3, -0.25) is 4.98 Å². The summed E-state index contributed by atoms with van der Waals surface area (Å²) in [5.74, 6) is 0.423. The van der Waals surface area contributed by atoms with Crippen LogP contribution in [0.15, 0.2) is 18.5 Å². The minimum Gasteiger partial charge on any atom is -0.264 e. The Morgan fingerprint density at radius 2 is 2.20 bits per heavy atom. The van der Waals surface area contributed by atoms with Crippen LogP contribution in [0.3, 0.4) is 0 Å². The lowest BCUT2D eigenvalue weighted by molar-refractivity contribution is 1.25. The maximum Gasteiger partial charge on any atom is 0.0504 e. The second kappa shape index (κ2) is 4.78. The molecule has 0 radical (unpaired) electrons. The van der Waals surface area contributed by atoms with Crippen LogP contribution in [0.5, 0.6) is 0 Å². The van der Waals surface area contributed by atoms with E-state index in [1.54, 1.807) is 18.5 Å². The Labute approximate surface area is 75.8 Å². The van der Waals surface area contributed by atoms with Crippen LogP contribution in [0.2, 0.25) is 5.02 Å². The molecule has 0 atom stereocenters. The fourth-order valence-electron chi connectivity index (χ4n) is 0.509. The number of pyridine rings is 1. The lowest BCUT2D eigenvalue weighted by atomic mass is 10.3. The average Bonchev–Trinajstić information content (AvgIpc) is 1.89. The van der Waals surface area contributed by atoms with E-state index < -0.39 is 0 Å².